The molecule has 0 saturated carbocycles. The smallest absolute Gasteiger partial charge is 0.282 e. The monoisotopic (exact) mass is 806 g/mol. The number of azo groups is 1. The minimum Gasteiger partial charge on any atom is -0.282 e. The normalized spacial score (nSPS) is 13.3. The van der Waals surface area contributed by atoms with Crippen LogP contribution in [0.5, 0.6) is 0 Å². The van der Waals surface area contributed by atoms with Crippen molar-refractivity contribution in [2.75, 3.05) is 0 Å². The van der Waals surface area contributed by atoms with Crippen LogP contribution >= 0.6 is 0 Å². The van der Waals surface area contributed by atoms with Gasteiger partial charge in [-0.3, -0.25) is 9.11 Å². The summed E-state index contributed by atoms with van der Waals surface area (Å²) >= 11 is 0. The molecule has 0 saturated heterocycles. The quantitative estimate of drug-likeness (QED) is 0.0841. The fourth-order valence-electron chi connectivity index (χ4n) is 7.85. The van der Waals surface area contributed by atoms with Crippen molar-refractivity contribution in [3.63, 3.8) is 0 Å². The Morgan fingerprint density at radius 2 is 1.24 bits per heavy atom. The van der Waals surface area contributed by atoms with E-state index in [-0.39, 0.29) is 9.79 Å². The minimum atomic E-state index is -4.53. The second kappa shape index (κ2) is 12.0. The van der Waals surface area contributed by atoms with E-state index in [2.05, 4.69) is 41.4 Å². The zero-order valence-electron chi connectivity index (χ0n) is 30.4. The van der Waals surface area contributed by atoms with E-state index >= 15 is 0 Å². The van der Waals surface area contributed by atoms with Gasteiger partial charge in [-0.15, -0.1) is 18.5 Å². The molecule has 11 rings (SSSR count). The number of nitrogens with zero attached hydrogens (tertiary/aromatic N) is 8. The highest BCUT2D eigenvalue weighted by Crippen LogP contribution is 2.36. The maximum Gasteiger partial charge on any atom is 0.295 e. The molecule has 0 amide bonds. The standard InChI is InChI=1S/C42H30N8O6S2/c1-2-27-23-32(45-47-39-22-13-30-24-34(57(51,52)53)18-19-36(30)42(39)50(45)47)17-20-37(27)44-43-31-14-8-26(9-15-31)7-10-29-11-16-33(25-40(29)58(54,55)56)46-48-38-21-12-28-5-3-4-6-35(28)41(38)49(46)48/h3-25H,2H2,1H3,(H,51,52,53)(H,54,55,56). The second-order valence-electron chi connectivity index (χ2n) is 14.2. The van der Waals surface area contributed by atoms with Gasteiger partial charge in [0.15, 0.2) is 0 Å². The summed E-state index contributed by atoms with van der Waals surface area (Å²) in [5.74, 6) is 0. The molecule has 0 aliphatic heterocycles. The minimum absolute atomic E-state index is 0.143. The van der Waals surface area contributed by atoms with Gasteiger partial charge in [-0.25, -0.2) is 0 Å². The van der Waals surface area contributed by atoms with Gasteiger partial charge in [0.25, 0.3) is 20.2 Å². The van der Waals surface area contributed by atoms with Crippen molar-refractivity contribution in [1.29, 1.82) is 0 Å². The molecule has 0 radical (unpaired) electrons. The summed E-state index contributed by atoms with van der Waals surface area (Å²) in [7, 11) is -8.84. The molecule has 0 unspecified atom stereocenters. The van der Waals surface area contributed by atoms with E-state index in [1.165, 1.54) is 18.2 Å². The lowest BCUT2D eigenvalue weighted by Gasteiger charge is -2.05. The highest BCUT2D eigenvalue weighted by Gasteiger charge is 2.28. The summed E-state index contributed by atoms with van der Waals surface area (Å²) in [4.78, 5) is 3.55. The summed E-state index contributed by atoms with van der Waals surface area (Å²) in [5.41, 5.74) is 9.07. The molecule has 14 nitrogen and oxygen atoms in total. The molecular weight excluding hydrogens is 777 g/mol. The number of hydrogen-bond donors (Lipinski definition) is 2. The number of aromatic nitrogens is 6. The summed E-state index contributed by atoms with van der Waals surface area (Å²) in [6, 6.07) is 38.8. The third kappa shape index (κ3) is 5.23. The van der Waals surface area contributed by atoms with Crippen molar-refractivity contribution in [2.45, 2.75) is 23.1 Å². The summed E-state index contributed by atoms with van der Waals surface area (Å²) in [6.45, 7) is 2.05. The Morgan fingerprint density at radius 3 is 1.93 bits per heavy atom. The van der Waals surface area contributed by atoms with Gasteiger partial charge < -0.3 is 0 Å². The Hall–Kier alpha value is -6.98. The van der Waals surface area contributed by atoms with Crippen LogP contribution in [0.25, 0.3) is 67.1 Å². The molecule has 286 valence electrons. The summed E-state index contributed by atoms with van der Waals surface area (Å²) in [6.07, 6.45) is 4.16. The molecule has 4 aromatic heterocycles. The van der Waals surface area contributed by atoms with Crippen molar-refractivity contribution in [3.05, 3.63) is 144 Å². The Kier molecular flexibility index (Phi) is 7.10. The fraction of sp³-hybridized carbons (Fsp3) is 0.0476. The van der Waals surface area contributed by atoms with Gasteiger partial charge in [0.2, 0.25) is 0 Å². The molecule has 0 aliphatic rings. The first-order chi connectivity index (χ1) is 28.0. The largest absolute Gasteiger partial charge is 0.295 e. The summed E-state index contributed by atoms with van der Waals surface area (Å²) in [5, 5.41) is 12.8. The second-order valence-corrected chi connectivity index (χ2v) is 17.0. The Bertz CT molecular complexity index is 3730. The van der Waals surface area contributed by atoms with Crippen molar-refractivity contribution < 1.29 is 25.9 Å². The fourth-order valence-corrected chi connectivity index (χ4v) is 9.07. The average molecular weight is 807 g/mol. The molecule has 4 heterocycles. The zero-order valence-corrected chi connectivity index (χ0v) is 32.0. The third-order valence-corrected chi connectivity index (χ3v) is 12.5. The lowest BCUT2D eigenvalue weighted by Crippen LogP contribution is -2.02. The highest BCUT2D eigenvalue weighted by molar-refractivity contribution is 7.86. The van der Waals surface area contributed by atoms with Crippen molar-refractivity contribution >= 4 is 87.4 Å². The molecule has 7 aromatic carbocycles. The van der Waals surface area contributed by atoms with Crippen LogP contribution in [0.1, 0.15) is 23.6 Å². The number of aryl methyl sites for hydroxylation is 1. The molecular formula is C42H30N8O6S2. The predicted molar refractivity (Wildman–Crippen MR) is 221 cm³/mol. The average Bonchev–Trinajstić information content (AvgIpc) is 4.08. The molecule has 0 spiro atoms. The van der Waals surface area contributed by atoms with E-state index in [1.807, 2.05) is 101 Å². The van der Waals surface area contributed by atoms with Crippen molar-refractivity contribution in [2.24, 2.45) is 10.2 Å². The van der Waals surface area contributed by atoms with E-state index in [1.54, 1.807) is 24.3 Å². The Labute approximate surface area is 329 Å². The van der Waals surface area contributed by atoms with Gasteiger partial charge in [0, 0.05) is 10.8 Å². The van der Waals surface area contributed by atoms with Crippen LogP contribution in [0.3, 0.4) is 0 Å². The third-order valence-electron chi connectivity index (χ3n) is 10.8. The van der Waals surface area contributed by atoms with Crippen LogP contribution in [-0.4, -0.2) is 54.1 Å². The first-order valence-corrected chi connectivity index (χ1v) is 21.2. The predicted octanol–water partition coefficient (Wildman–Crippen LogP) is 9.10. The molecule has 16 heteroatoms. The Balaban J connectivity index is 0.820. The van der Waals surface area contributed by atoms with Gasteiger partial charge in [-0.2, -0.15) is 36.7 Å². The van der Waals surface area contributed by atoms with E-state index in [9.17, 15) is 25.9 Å². The van der Waals surface area contributed by atoms with Gasteiger partial charge in [0.1, 0.15) is 27.0 Å². The number of benzene rings is 7. The SMILES string of the molecule is CCc1cc(-n2n3c4ccc5cc(S(=O)(=O)O)ccc5c4n23)ccc1N=Nc1ccc(C=Cc2ccc(-n3n4c5ccc6ccccc6c5n34)cc2S(=O)(=O)O)cc1. The molecule has 0 bridgehead atoms. The lowest BCUT2D eigenvalue weighted by atomic mass is 10.1. The maximum absolute atomic E-state index is 12.5. The van der Waals surface area contributed by atoms with E-state index < -0.39 is 20.2 Å². The van der Waals surface area contributed by atoms with E-state index in [0.29, 0.717) is 22.3 Å². The van der Waals surface area contributed by atoms with Gasteiger partial charge in [-0.1, -0.05) is 79.7 Å². The molecule has 0 atom stereocenters. The van der Waals surface area contributed by atoms with Gasteiger partial charge in [0.05, 0.1) is 27.6 Å². The van der Waals surface area contributed by atoms with Crippen LogP contribution < -0.4 is 0 Å². The zero-order chi connectivity index (χ0) is 39.7. The molecule has 11 aromatic rings. The first kappa shape index (κ1) is 34.3. The van der Waals surface area contributed by atoms with Crippen LogP contribution in [-0.2, 0) is 26.7 Å². The Morgan fingerprint density at radius 1 is 0.586 bits per heavy atom. The molecule has 2 N–H and O–H groups in total. The highest BCUT2D eigenvalue weighted by atomic mass is 32.2. The lowest BCUT2D eigenvalue weighted by molar-refractivity contribution is 0.481. The topological polar surface area (TPSA) is 161 Å². The van der Waals surface area contributed by atoms with Gasteiger partial charge in [-0.05, 0) is 101 Å². The van der Waals surface area contributed by atoms with Crippen LogP contribution in [0.4, 0.5) is 11.4 Å². The molecule has 58 heavy (non-hydrogen) atoms. The van der Waals surface area contributed by atoms with Crippen LogP contribution in [0, 0.1) is 0 Å². The first-order valence-electron chi connectivity index (χ1n) is 18.3. The van der Waals surface area contributed by atoms with Crippen LogP contribution in [0.15, 0.2) is 147 Å². The number of hydrogen-bond acceptors (Lipinski definition) is 6. The maximum atomic E-state index is 12.5. The summed E-state index contributed by atoms with van der Waals surface area (Å²) < 4.78 is 76.0. The van der Waals surface area contributed by atoms with Crippen molar-refractivity contribution in [3.8, 4) is 11.4 Å². The van der Waals surface area contributed by atoms with Crippen LogP contribution in [0.2, 0.25) is 0 Å². The molecule has 0 fully saturated rings. The number of fused-ring (bicyclic) bond motifs is 12. The number of rotatable bonds is 9. The van der Waals surface area contributed by atoms with Crippen molar-refractivity contribution in [1.82, 2.24) is 28.1 Å². The van der Waals surface area contributed by atoms with Gasteiger partial charge >= 0.3 is 0 Å². The molecule has 0 aliphatic carbocycles. The van der Waals surface area contributed by atoms with E-state index in [4.69, 9.17) is 0 Å². The van der Waals surface area contributed by atoms with E-state index in [0.717, 1.165) is 67.1 Å².